The van der Waals surface area contributed by atoms with E-state index >= 15 is 8.78 Å². The van der Waals surface area contributed by atoms with Crippen molar-refractivity contribution in [3.8, 4) is 28.0 Å². The van der Waals surface area contributed by atoms with E-state index in [1.54, 1.807) is 36.4 Å². The molecule has 0 aliphatic heterocycles. The molecule has 212 valence electrons. The topological polar surface area (TPSA) is 9.23 Å². The highest BCUT2D eigenvalue weighted by Gasteiger charge is 2.21. The van der Waals surface area contributed by atoms with Crippen LogP contribution in [-0.2, 0) is 0 Å². The van der Waals surface area contributed by atoms with Crippen molar-refractivity contribution in [1.82, 2.24) is 0 Å². The number of allylic oxidation sites excluding steroid dienone is 3. The number of hydrogen-bond acceptors (Lipinski definition) is 1. The van der Waals surface area contributed by atoms with Gasteiger partial charge in [-0.2, -0.15) is 4.39 Å². The molecule has 1 aliphatic carbocycles. The fourth-order valence-corrected chi connectivity index (χ4v) is 5.35. The lowest BCUT2D eigenvalue weighted by Gasteiger charge is -2.22. The fraction of sp³-hybridized carbons (Fsp3) is 0.371. The summed E-state index contributed by atoms with van der Waals surface area (Å²) in [4.78, 5) is 0. The molecular weight excluding hydrogens is 512 g/mol. The van der Waals surface area contributed by atoms with Crippen molar-refractivity contribution in [1.29, 1.82) is 0 Å². The zero-order valence-corrected chi connectivity index (χ0v) is 23.3. The Balaban J connectivity index is 1.46. The van der Waals surface area contributed by atoms with Crippen LogP contribution < -0.4 is 4.74 Å². The summed E-state index contributed by atoms with van der Waals surface area (Å²) in [6, 6.07) is 12.5. The first-order chi connectivity index (χ1) is 19.4. The van der Waals surface area contributed by atoms with E-state index < -0.39 is 23.3 Å². The summed E-state index contributed by atoms with van der Waals surface area (Å²) < 4.78 is 65.4. The van der Waals surface area contributed by atoms with Crippen LogP contribution in [0.5, 0.6) is 5.75 Å². The van der Waals surface area contributed by atoms with Crippen molar-refractivity contribution in [3.63, 3.8) is 0 Å². The molecule has 1 atom stereocenters. The monoisotopic (exact) mass is 550 g/mol. The van der Waals surface area contributed by atoms with Gasteiger partial charge in [-0.25, -0.2) is 13.2 Å². The van der Waals surface area contributed by atoms with Crippen LogP contribution in [0.3, 0.4) is 0 Å². The second kappa shape index (κ2) is 14.3. The predicted molar refractivity (Wildman–Crippen MR) is 156 cm³/mol. The van der Waals surface area contributed by atoms with Gasteiger partial charge in [-0.3, -0.25) is 0 Å². The van der Waals surface area contributed by atoms with Crippen LogP contribution in [0.15, 0.2) is 67.3 Å². The molecule has 0 spiro atoms. The lowest BCUT2D eigenvalue weighted by Crippen LogP contribution is -2.07. The summed E-state index contributed by atoms with van der Waals surface area (Å²) in [7, 11) is 0. The second-order valence-electron chi connectivity index (χ2n) is 10.6. The highest BCUT2D eigenvalue weighted by atomic mass is 19.2. The Hall–Kier alpha value is -3.34. The van der Waals surface area contributed by atoms with Crippen LogP contribution in [0.1, 0.15) is 76.7 Å². The third kappa shape index (κ3) is 7.04. The van der Waals surface area contributed by atoms with E-state index in [-0.39, 0.29) is 16.9 Å². The first-order valence-corrected chi connectivity index (χ1v) is 14.4. The van der Waals surface area contributed by atoms with E-state index in [1.165, 1.54) is 12.1 Å². The van der Waals surface area contributed by atoms with E-state index in [0.717, 1.165) is 69.8 Å². The molecule has 1 nitrogen and oxygen atoms in total. The molecule has 4 rings (SSSR count). The number of unbranched alkanes of at least 4 members (excludes halogenated alkanes) is 4. The Morgan fingerprint density at radius 3 is 2.00 bits per heavy atom. The van der Waals surface area contributed by atoms with E-state index in [2.05, 4.69) is 13.5 Å². The van der Waals surface area contributed by atoms with Crippen LogP contribution in [0.4, 0.5) is 17.6 Å². The van der Waals surface area contributed by atoms with Gasteiger partial charge in [0.25, 0.3) is 0 Å². The third-order valence-corrected chi connectivity index (χ3v) is 7.79. The molecule has 3 aromatic carbocycles. The quantitative estimate of drug-likeness (QED) is 0.117. The molecule has 0 saturated carbocycles. The van der Waals surface area contributed by atoms with E-state index in [9.17, 15) is 8.78 Å². The highest BCUT2D eigenvalue weighted by Crippen LogP contribution is 2.37. The second-order valence-corrected chi connectivity index (χ2v) is 10.6. The van der Waals surface area contributed by atoms with Crippen molar-refractivity contribution in [2.24, 2.45) is 5.92 Å². The molecule has 5 heteroatoms. The first-order valence-electron chi connectivity index (χ1n) is 14.4. The van der Waals surface area contributed by atoms with Crippen LogP contribution in [-0.4, -0.2) is 6.61 Å². The normalized spacial score (nSPS) is 15.1. The maximum Gasteiger partial charge on any atom is 0.201 e. The maximum atomic E-state index is 15.2. The zero-order chi connectivity index (χ0) is 28.5. The van der Waals surface area contributed by atoms with E-state index in [4.69, 9.17) is 4.74 Å². The van der Waals surface area contributed by atoms with E-state index in [0.29, 0.717) is 29.2 Å². The SMILES string of the molecule is C=CCCC1CC=C(c2ccc(-c3ccc(-c4ccc(OCCCCCCC)c(F)c4F)cc3)c(F)c2F)CC1. The Kier molecular flexibility index (Phi) is 10.6. The minimum Gasteiger partial charge on any atom is -0.490 e. The summed E-state index contributed by atoms with van der Waals surface area (Å²) >= 11 is 0. The van der Waals surface area contributed by atoms with Gasteiger partial charge in [0.15, 0.2) is 23.2 Å². The molecule has 0 aromatic heterocycles. The Labute approximate surface area is 235 Å². The molecule has 0 fully saturated rings. The molecule has 0 radical (unpaired) electrons. The molecule has 0 bridgehead atoms. The van der Waals surface area contributed by atoms with Crippen LogP contribution in [0, 0.1) is 29.2 Å². The Bertz CT molecular complexity index is 1330. The van der Waals surface area contributed by atoms with Crippen molar-refractivity contribution in [2.75, 3.05) is 6.61 Å². The first kappa shape index (κ1) is 29.6. The van der Waals surface area contributed by atoms with Gasteiger partial charge in [-0.15, -0.1) is 6.58 Å². The average molecular weight is 551 g/mol. The van der Waals surface area contributed by atoms with Crippen molar-refractivity contribution in [2.45, 2.75) is 71.1 Å². The average Bonchev–Trinajstić information content (AvgIpc) is 2.98. The van der Waals surface area contributed by atoms with Gasteiger partial charge in [0.05, 0.1) is 6.61 Å². The summed E-state index contributed by atoms with van der Waals surface area (Å²) in [5.41, 5.74) is 2.25. The minimum absolute atomic E-state index is 0.0805. The number of hydrogen-bond donors (Lipinski definition) is 0. The van der Waals surface area contributed by atoms with Crippen LogP contribution in [0.2, 0.25) is 0 Å². The molecular formula is C35H38F4O. The van der Waals surface area contributed by atoms with Gasteiger partial charge in [-0.1, -0.05) is 81.2 Å². The van der Waals surface area contributed by atoms with E-state index in [1.807, 2.05) is 12.2 Å². The Morgan fingerprint density at radius 2 is 1.38 bits per heavy atom. The number of ether oxygens (including phenoxy) is 1. The van der Waals surface area contributed by atoms with Gasteiger partial charge in [-0.05, 0) is 73.3 Å². The van der Waals surface area contributed by atoms with Gasteiger partial charge in [0.1, 0.15) is 0 Å². The summed E-state index contributed by atoms with van der Waals surface area (Å²) in [5, 5.41) is 0. The summed E-state index contributed by atoms with van der Waals surface area (Å²) in [6.07, 6.45) is 13.7. The largest absolute Gasteiger partial charge is 0.490 e. The Morgan fingerprint density at radius 1 is 0.775 bits per heavy atom. The van der Waals surface area contributed by atoms with Gasteiger partial charge in [0.2, 0.25) is 5.82 Å². The fourth-order valence-electron chi connectivity index (χ4n) is 5.35. The molecule has 0 amide bonds. The molecule has 40 heavy (non-hydrogen) atoms. The lowest BCUT2D eigenvalue weighted by molar-refractivity contribution is 0.285. The zero-order valence-electron chi connectivity index (χ0n) is 23.3. The lowest BCUT2D eigenvalue weighted by atomic mass is 9.83. The minimum atomic E-state index is -1.03. The van der Waals surface area contributed by atoms with Gasteiger partial charge >= 0.3 is 0 Å². The maximum absolute atomic E-state index is 15.2. The molecule has 0 heterocycles. The highest BCUT2D eigenvalue weighted by molar-refractivity contribution is 5.74. The van der Waals surface area contributed by atoms with Crippen molar-refractivity contribution < 1.29 is 22.3 Å². The molecule has 1 unspecified atom stereocenters. The summed E-state index contributed by atoms with van der Waals surface area (Å²) in [5.74, 6) is -3.34. The molecule has 1 aliphatic rings. The van der Waals surface area contributed by atoms with Crippen molar-refractivity contribution in [3.05, 3.63) is 96.1 Å². The number of halogens is 4. The van der Waals surface area contributed by atoms with Crippen molar-refractivity contribution >= 4 is 5.57 Å². The third-order valence-electron chi connectivity index (χ3n) is 7.79. The molecule has 0 saturated heterocycles. The van der Waals surface area contributed by atoms with Crippen LogP contribution >= 0.6 is 0 Å². The van der Waals surface area contributed by atoms with Crippen LogP contribution in [0.25, 0.3) is 27.8 Å². The molecule has 3 aromatic rings. The smallest absolute Gasteiger partial charge is 0.201 e. The van der Waals surface area contributed by atoms with Gasteiger partial charge in [0, 0.05) is 16.7 Å². The predicted octanol–water partition coefficient (Wildman–Crippen LogP) is 11.1. The molecule has 0 N–H and O–H groups in total. The van der Waals surface area contributed by atoms with Gasteiger partial charge < -0.3 is 4.74 Å². The standard InChI is InChI=1S/C35H38F4O/c1-3-5-7-8-9-23-40-31-22-21-30(34(38)35(31)39)27-17-15-26(16-18-27)29-20-19-28(32(36)33(29)37)25-13-11-24(12-14-25)10-6-4-2/h4,13,15-22,24H,2-3,5-12,14,23H2,1H3. The number of benzene rings is 3. The number of rotatable bonds is 13. The summed E-state index contributed by atoms with van der Waals surface area (Å²) in [6.45, 7) is 6.24.